The summed E-state index contributed by atoms with van der Waals surface area (Å²) in [4.78, 5) is 48.3. The molecule has 17 nitrogen and oxygen atoms in total. The number of hydrogen-bond donors (Lipinski definition) is 7. The second-order valence-electron chi connectivity index (χ2n) is 11.9. The van der Waals surface area contributed by atoms with Gasteiger partial charge in [0.2, 0.25) is 0 Å². The number of ether oxygens (including phenoxy) is 6. The van der Waals surface area contributed by atoms with Gasteiger partial charge in [-0.15, -0.1) is 0 Å². The van der Waals surface area contributed by atoms with Gasteiger partial charge in [-0.2, -0.15) is 0 Å². The van der Waals surface area contributed by atoms with Gasteiger partial charge < -0.3 is 59.1 Å². The van der Waals surface area contributed by atoms with E-state index in [-0.39, 0.29) is 6.42 Å². The van der Waals surface area contributed by atoms with E-state index < -0.39 is 126 Å². The first kappa shape index (κ1) is 37.4. The summed E-state index contributed by atoms with van der Waals surface area (Å²) in [5.41, 5.74) is -7.10. The average Bonchev–Trinajstić information content (AvgIpc) is 2.98. The van der Waals surface area contributed by atoms with E-state index in [0.717, 1.165) is 6.92 Å². The van der Waals surface area contributed by atoms with Gasteiger partial charge in [0.1, 0.15) is 60.3 Å². The third-order valence-electron chi connectivity index (χ3n) is 8.91. The summed E-state index contributed by atoms with van der Waals surface area (Å²) in [7, 11) is 1.29. The van der Waals surface area contributed by atoms with Gasteiger partial charge in [-0.1, -0.05) is 13.8 Å². The predicted molar refractivity (Wildman–Crippen MR) is 151 cm³/mol. The molecule has 7 N–H and O–H groups in total. The molecule has 2 heterocycles. The van der Waals surface area contributed by atoms with Crippen LogP contribution >= 0.6 is 0 Å². The Bertz CT molecular complexity index is 1240. The molecular formula is C29H43NO16. The van der Waals surface area contributed by atoms with Crippen LogP contribution in [-0.4, -0.2) is 140 Å². The van der Waals surface area contributed by atoms with E-state index in [4.69, 9.17) is 33.8 Å². The number of carboxylic acid groups (broad SMARTS) is 1. The number of ketones is 1. The Labute approximate surface area is 264 Å². The van der Waals surface area contributed by atoms with Gasteiger partial charge in [0.15, 0.2) is 23.3 Å². The van der Waals surface area contributed by atoms with Crippen molar-refractivity contribution in [2.24, 2.45) is 5.92 Å². The Balaban J connectivity index is 1.95. The third kappa shape index (κ3) is 6.96. The van der Waals surface area contributed by atoms with Crippen LogP contribution < -0.4 is 0 Å². The van der Waals surface area contributed by atoms with Gasteiger partial charge in [0.25, 0.3) is 0 Å². The molecule has 0 aromatic rings. The number of nitrogens with one attached hydrogen (secondary N) is 1. The molecule has 0 bridgehead atoms. The highest BCUT2D eigenvalue weighted by molar-refractivity contribution is 6.51. The van der Waals surface area contributed by atoms with Crippen molar-refractivity contribution < 1.29 is 78.2 Å². The number of carbonyl (C=O) groups is 4. The number of methoxy groups -OCH3 is 1. The largest absolute Gasteiger partial charge is 0.508 e. The fourth-order valence-corrected chi connectivity index (χ4v) is 5.87. The molecule has 12 atom stereocenters. The zero-order chi connectivity index (χ0) is 34.9. The maximum Gasteiger partial charge on any atom is 0.341 e. The second-order valence-corrected chi connectivity index (χ2v) is 11.9. The van der Waals surface area contributed by atoms with Crippen molar-refractivity contribution in [2.45, 2.75) is 120 Å². The number of hydrogen-bond acceptors (Lipinski definition) is 16. The zero-order valence-electron chi connectivity index (χ0n) is 26.4. The maximum absolute atomic E-state index is 12.6. The SMILES string of the molecule is CCC(C)C(=O)OC(C)C1(O)C(C)OC(OC2C(O)C(COC(C)=O)OC(C3(O)CC(=O)C(=N)C(C(=O)O)=C3O)C2O)CC1OC. The minimum absolute atomic E-state index is 0.243. The third-order valence-corrected chi connectivity index (χ3v) is 8.91. The van der Waals surface area contributed by atoms with Crippen LogP contribution in [0.2, 0.25) is 0 Å². The Morgan fingerprint density at radius 2 is 1.76 bits per heavy atom. The van der Waals surface area contributed by atoms with Gasteiger partial charge in [0, 0.05) is 20.5 Å². The minimum atomic E-state index is -2.92. The summed E-state index contributed by atoms with van der Waals surface area (Å²) in [5.74, 6) is -6.21. The normalized spacial score (nSPS) is 38.2. The molecule has 0 aromatic heterocycles. The van der Waals surface area contributed by atoms with Crippen molar-refractivity contribution in [1.29, 1.82) is 5.41 Å². The summed E-state index contributed by atoms with van der Waals surface area (Å²) >= 11 is 0. The minimum Gasteiger partial charge on any atom is -0.508 e. The number of Topliss-reactive ketones (excluding diaryl/α,β-unsaturated/α-hetero) is 1. The molecule has 46 heavy (non-hydrogen) atoms. The molecule has 0 aromatic carbocycles. The topological polar surface area (TPSA) is 269 Å². The van der Waals surface area contributed by atoms with Gasteiger partial charge in [0.05, 0.1) is 24.5 Å². The quantitative estimate of drug-likeness (QED) is 0.130. The first-order chi connectivity index (χ1) is 21.3. The van der Waals surface area contributed by atoms with Crippen molar-refractivity contribution in [3.63, 3.8) is 0 Å². The first-order valence-electron chi connectivity index (χ1n) is 14.8. The summed E-state index contributed by atoms with van der Waals surface area (Å²) in [6.45, 7) is 6.81. The summed E-state index contributed by atoms with van der Waals surface area (Å²) < 4.78 is 33.4. The molecule has 17 heteroatoms. The molecule has 3 aliphatic rings. The van der Waals surface area contributed by atoms with Gasteiger partial charge in [-0.3, -0.25) is 19.8 Å². The number of aliphatic hydroxyl groups is 5. The standard InChI is InChI=1S/C29H43NO16/c1-7-11(2)27(38)44-13(4)29(40)12(3)43-18(8-17(29)41-6)46-23-21(33)16(10-42-14(5)31)45-25(22(23)34)28(39)9-15(32)20(30)19(24(28)35)26(36)37/h11-13,16-18,21-23,25,30,33-35,39-40H,7-10H2,1-6H3,(H,36,37). The molecule has 0 spiro atoms. The maximum atomic E-state index is 12.6. The molecule has 2 fully saturated rings. The number of carbonyl (C=O) groups excluding carboxylic acids is 3. The predicted octanol–water partition coefficient (Wildman–Crippen LogP) is -1.10. The lowest BCUT2D eigenvalue weighted by molar-refractivity contribution is -0.344. The van der Waals surface area contributed by atoms with Crippen LogP contribution in [0, 0.1) is 11.3 Å². The number of esters is 2. The fraction of sp³-hybridized carbons (Fsp3) is 0.759. The highest BCUT2D eigenvalue weighted by atomic mass is 16.7. The van der Waals surface area contributed by atoms with E-state index in [9.17, 15) is 49.8 Å². The van der Waals surface area contributed by atoms with Crippen molar-refractivity contribution in [2.75, 3.05) is 13.7 Å². The Morgan fingerprint density at radius 3 is 2.30 bits per heavy atom. The highest BCUT2D eigenvalue weighted by Crippen LogP contribution is 2.41. The zero-order valence-corrected chi connectivity index (χ0v) is 26.4. The van der Waals surface area contributed by atoms with Gasteiger partial charge in [-0.25, -0.2) is 4.79 Å². The smallest absolute Gasteiger partial charge is 0.341 e. The fourth-order valence-electron chi connectivity index (χ4n) is 5.87. The summed E-state index contributed by atoms with van der Waals surface area (Å²) in [6, 6.07) is 0. The number of rotatable bonds is 11. The lowest BCUT2D eigenvalue weighted by Crippen LogP contribution is -2.69. The average molecular weight is 662 g/mol. The molecule has 0 amide bonds. The molecule has 12 unspecified atom stereocenters. The van der Waals surface area contributed by atoms with Crippen molar-refractivity contribution in [1.82, 2.24) is 0 Å². The first-order valence-corrected chi connectivity index (χ1v) is 14.8. The number of carboxylic acids is 1. The lowest BCUT2D eigenvalue weighted by Gasteiger charge is -2.51. The van der Waals surface area contributed by atoms with E-state index in [1.54, 1.807) is 13.8 Å². The molecular weight excluding hydrogens is 618 g/mol. The summed E-state index contributed by atoms with van der Waals surface area (Å²) in [6.07, 6.45) is -14.8. The van der Waals surface area contributed by atoms with Gasteiger partial charge in [-0.05, 0) is 20.3 Å². The Kier molecular flexibility index (Phi) is 11.7. The van der Waals surface area contributed by atoms with E-state index in [0.29, 0.717) is 6.42 Å². The van der Waals surface area contributed by atoms with Crippen LogP contribution in [0.15, 0.2) is 11.3 Å². The number of aliphatic carboxylic acids is 1. The Hall–Kier alpha value is -3.03. The van der Waals surface area contributed by atoms with Crippen LogP contribution in [0.4, 0.5) is 0 Å². The van der Waals surface area contributed by atoms with Crippen LogP contribution in [0.3, 0.4) is 0 Å². The van der Waals surface area contributed by atoms with Gasteiger partial charge >= 0.3 is 17.9 Å². The molecule has 0 saturated carbocycles. The molecule has 0 radical (unpaired) electrons. The second kappa shape index (κ2) is 14.4. The van der Waals surface area contributed by atoms with E-state index in [2.05, 4.69) is 0 Å². The Morgan fingerprint density at radius 1 is 1.13 bits per heavy atom. The van der Waals surface area contributed by atoms with Crippen molar-refractivity contribution in [3.05, 3.63) is 11.3 Å². The number of aliphatic hydroxyl groups excluding tert-OH is 3. The molecule has 2 aliphatic heterocycles. The monoisotopic (exact) mass is 661 g/mol. The molecule has 1 aliphatic carbocycles. The van der Waals surface area contributed by atoms with Crippen LogP contribution in [0.5, 0.6) is 0 Å². The van der Waals surface area contributed by atoms with Crippen LogP contribution in [0.1, 0.15) is 53.9 Å². The van der Waals surface area contributed by atoms with Crippen LogP contribution in [0.25, 0.3) is 0 Å². The molecule has 2 saturated heterocycles. The highest BCUT2D eigenvalue weighted by Gasteiger charge is 2.61. The van der Waals surface area contributed by atoms with E-state index in [1.165, 1.54) is 21.0 Å². The molecule has 260 valence electrons. The van der Waals surface area contributed by atoms with Crippen molar-refractivity contribution >= 4 is 29.4 Å². The summed E-state index contributed by atoms with van der Waals surface area (Å²) in [5, 5.41) is 73.7. The molecule has 3 rings (SSSR count). The van der Waals surface area contributed by atoms with Crippen molar-refractivity contribution in [3.8, 4) is 0 Å². The van der Waals surface area contributed by atoms with Crippen LogP contribution in [-0.2, 0) is 47.6 Å². The van der Waals surface area contributed by atoms with E-state index >= 15 is 0 Å². The van der Waals surface area contributed by atoms with E-state index in [1.807, 2.05) is 0 Å². The lowest BCUT2D eigenvalue weighted by atomic mass is 9.74.